The van der Waals surface area contributed by atoms with Crippen LogP contribution in [0.15, 0.2) is 28.7 Å². The van der Waals surface area contributed by atoms with E-state index in [-0.39, 0.29) is 6.04 Å². The fourth-order valence-electron chi connectivity index (χ4n) is 2.06. The average molecular weight is 247 g/mol. The molecular formula is C15H21NO2. The molecule has 98 valence electrons. The minimum absolute atomic E-state index is 0.206. The van der Waals surface area contributed by atoms with Crippen LogP contribution in [-0.2, 0) is 0 Å². The Morgan fingerprint density at radius 1 is 1.33 bits per heavy atom. The van der Waals surface area contributed by atoms with Crippen LogP contribution in [0.5, 0.6) is 5.75 Å². The molecule has 1 N–H and O–H groups in total. The number of fused-ring (bicyclic) bond motifs is 1. The zero-order valence-corrected chi connectivity index (χ0v) is 11.5. The number of benzene rings is 1. The third-order valence-electron chi connectivity index (χ3n) is 3.32. The smallest absolute Gasteiger partial charge is 0.176 e. The van der Waals surface area contributed by atoms with Gasteiger partial charge in [0.1, 0.15) is 5.76 Å². The van der Waals surface area contributed by atoms with Crippen LogP contribution in [0, 0.1) is 0 Å². The van der Waals surface area contributed by atoms with Gasteiger partial charge < -0.3 is 14.5 Å². The number of methoxy groups -OCH3 is 1. The van der Waals surface area contributed by atoms with Gasteiger partial charge in [-0.25, -0.2) is 0 Å². The van der Waals surface area contributed by atoms with Crippen molar-refractivity contribution in [1.82, 2.24) is 5.32 Å². The molecule has 3 heteroatoms. The maximum Gasteiger partial charge on any atom is 0.176 e. The average Bonchev–Trinajstić information content (AvgIpc) is 2.82. The molecule has 1 aromatic heterocycles. The normalized spacial score (nSPS) is 14.7. The second-order valence-corrected chi connectivity index (χ2v) is 4.73. The van der Waals surface area contributed by atoms with Crippen molar-refractivity contribution in [3.8, 4) is 5.75 Å². The summed E-state index contributed by atoms with van der Waals surface area (Å²) >= 11 is 0. The maximum atomic E-state index is 5.91. The summed E-state index contributed by atoms with van der Waals surface area (Å²) in [6.45, 7) is 6.47. The number of para-hydroxylation sites is 1. The monoisotopic (exact) mass is 247 g/mol. The number of furan rings is 1. The molecule has 0 aliphatic carbocycles. The lowest BCUT2D eigenvalue weighted by atomic mass is 10.1. The van der Waals surface area contributed by atoms with Crippen LogP contribution in [0.4, 0.5) is 0 Å². The second kappa shape index (κ2) is 5.44. The fraction of sp³-hybridized carbons (Fsp3) is 0.467. The molecule has 0 radical (unpaired) electrons. The Kier molecular flexibility index (Phi) is 3.92. The summed E-state index contributed by atoms with van der Waals surface area (Å²) in [5, 5.41) is 4.59. The van der Waals surface area contributed by atoms with Crippen molar-refractivity contribution in [3.63, 3.8) is 0 Å². The molecule has 0 fully saturated rings. The van der Waals surface area contributed by atoms with Gasteiger partial charge in [0, 0.05) is 11.4 Å². The predicted octanol–water partition coefficient (Wildman–Crippen LogP) is 3.89. The van der Waals surface area contributed by atoms with Crippen LogP contribution in [0.3, 0.4) is 0 Å². The first-order valence-corrected chi connectivity index (χ1v) is 6.48. The van der Waals surface area contributed by atoms with Crippen LogP contribution in [0.1, 0.15) is 39.0 Å². The molecule has 0 spiro atoms. The summed E-state index contributed by atoms with van der Waals surface area (Å²) in [7, 11) is 1.66. The molecule has 2 rings (SSSR count). The molecular weight excluding hydrogens is 226 g/mol. The van der Waals surface area contributed by atoms with Gasteiger partial charge in [-0.1, -0.05) is 19.1 Å². The standard InChI is InChI=1S/C15H21NO2/c1-5-10(2)16-11(3)14-9-12-7-6-8-13(17-4)15(12)18-14/h6-11,16H,5H2,1-4H3. The minimum atomic E-state index is 0.206. The molecule has 2 atom stereocenters. The Morgan fingerprint density at radius 3 is 2.78 bits per heavy atom. The summed E-state index contributed by atoms with van der Waals surface area (Å²) in [4.78, 5) is 0. The van der Waals surface area contributed by atoms with Gasteiger partial charge in [-0.15, -0.1) is 0 Å². The zero-order chi connectivity index (χ0) is 13.1. The van der Waals surface area contributed by atoms with Crippen LogP contribution in [-0.4, -0.2) is 13.2 Å². The zero-order valence-electron chi connectivity index (χ0n) is 11.5. The van der Waals surface area contributed by atoms with Gasteiger partial charge in [-0.3, -0.25) is 0 Å². The molecule has 1 heterocycles. The van der Waals surface area contributed by atoms with E-state index in [4.69, 9.17) is 9.15 Å². The molecule has 1 aromatic carbocycles. The van der Waals surface area contributed by atoms with Crippen LogP contribution in [0.2, 0.25) is 0 Å². The van der Waals surface area contributed by atoms with Gasteiger partial charge in [0.05, 0.1) is 13.2 Å². The van der Waals surface area contributed by atoms with Crippen molar-refractivity contribution in [2.24, 2.45) is 0 Å². The van der Waals surface area contributed by atoms with Gasteiger partial charge in [-0.05, 0) is 32.4 Å². The lowest BCUT2D eigenvalue weighted by Gasteiger charge is -2.16. The summed E-state index contributed by atoms with van der Waals surface area (Å²) in [6, 6.07) is 8.71. The first kappa shape index (κ1) is 13.0. The first-order chi connectivity index (χ1) is 8.65. The number of nitrogens with one attached hydrogen (secondary N) is 1. The van der Waals surface area contributed by atoms with Crippen molar-refractivity contribution in [3.05, 3.63) is 30.0 Å². The molecule has 0 aliphatic heterocycles. The van der Waals surface area contributed by atoms with E-state index in [0.29, 0.717) is 6.04 Å². The van der Waals surface area contributed by atoms with E-state index in [1.54, 1.807) is 7.11 Å². The van der Waals surface area contributed by atoms with Gasteiger partial charge in [0.2, 0.25) is 0 Å². The molecule has 0 bridgehead atoms. The van der Waals surface area contributed by atoms with Gasteiger partial charge in [0.15, 0.2) is 11.3 Å². The highest BCUT2D eigenvalue weighted by Gasteiger charge is 2.15. The van der Waals surface area contributed by atoms with Crippen molar-refractivity contribution in [2.75, 3.05) is 7.11 Å². The van der Waals surface area contributed by atoms with E-state index in [2.05, 4.69) is 32.2 Å². The summed E-state index contributed by atoms with van der Waals surface area (Å²) in [5.74, 6) is 1.74. The van der Waals surface area contributed by atoms with Crippen molar-refractivity contribution in [2.45, 2.75) is 39.3 Å². The van der Waals surface area contributed by atoms with Gasteiger partial charge in [-0.2, -0.15) is 0 Å². The molecule has 0 saturated heterocycles. The van der Waals surface area contributed by atoms with E-state index in [1.165, 1.54) is 0 Å². The van der Waals surface area contributed by atoms with Crippen molar-refractivity contribution in [1.29, 1.82) is 0 Å². The highest BCUT2D eigenvalue weighted by molar-refractivity contribution is 5.83. The van der Waals surface area contributed by atoms with E-state index in [9.17, 15) is 0 Å². The Hall–Kier alpha value is -1.48. The maximum absolute atomic E-state index is 5.91. The Labute approximate surface area is 108 Å². The summed E-state index contributed by atoms with van der Waals surface area (Å²) < 4.78 is 11.2. The van der Waals surface area contributed by atoms with Crippen LogP contribution in [0.25, 0.3) is 11.0 Å². The lowest BCUT2D eigenvalue weighted by Crippen LogP contribution is -2.27. The lowest BCUT2D eigenvalue weighted by molar-refractivity contribution is 0.387. The Morgan fingerprint density at radius 2 is 2.11 bits per heavy atom. The third kappa shape index (κ3) is 2.51. The number of rotatable bonds is 5. The van der Waals surface area contributed by atoms with Crippen molar-refractivity contribution < 1.29 is 9.15 Å². The quantitative estimate of drug-likeness (QED) is 0.870. The van der Waals surface area contributed by atoms with E-state index < -0.39 is 0 Å². The van der Waals surface area contributed by atoms with E-state index in [0.717, 1.165) is 28.9 Å². The van der Waals surface area contributed by atoms with Gasteiger partial charge >= 0.3 is 0 Å². The highest BCUT2D eigenvalue weighted by atomic mass is 16.5. The summed E-state index contributed by atoms with van der Waals surface area (Å²) in [6.07, 6.45) is 1.11. The van der Waals surface area contributed by atoms with E-state index in [1.807, 2.05) is 18.2 Å². The Balaban J connectivity index is 2.29. The predicted molar refractivity (Wildman–Crippen MR) is 74.1 cm³/mol. The van der Waals surface area contributed by atoms with Crippen LogP contribution < -0.4 is 10.1 Å². The number of hydrogen-bond acceptors (Lipinski definition) is 3. The third-order valence-corrected chi connectivity index (χ3v) is 3.32. The highest BCUT2D eigenvalue weighted by Crippen LogP contribution is 2.30. The SMILES string of the molecule is CCC(C)NC(C)c1cc2cccc(OC)c2o1. The van der Waals surface area contributed by atoms with Crippen LogP contribution >= 0.6 is 0 Å². The van der Waals surface area contributed by atoms with E-state index >= 15 is 0 Å². The molecule has 18 heavy (non-hydrogen) atoms. The molecule has 0 aliphatic rings. The minimum Gasteiger partial charge on any atom is -0.493 e. The molecule has 2 aromatic rings. The Bertz CT molecular complexity index is 518. The molecule has 0 saturated carbocycles. The summed E-state index contributed by atoms with van der Waals surface area (Å²) in [5.41, 5.74) is 0.827. The topological polar surface area (TPSA) is 34.4 Å². The molecule has 2 unspecified atom stereocenters. The van der Waals surface area contributed by atoms with Gasteiger partial charge in [0.25, 0.3) is 0 Å². The number of hydrogen-bond donors (Lipinski definition) is 1. The molecule has 3 nitrogen and oxygen atoms in total. The second-order valence-electron chi connectivity index (χ2n) is 4.73. The molecule has 0 amide bonds. The number of ether oxygens (including phenoxy) is 1. The fourth-order valence-corrected chi connectivity index (χ4v) is 2.06. The van der Waals surface area contributed by atoms with Crippen molar-refractivity contribution >= 4 is 11.0 Å². The largest absolute Gasteiger partial charge is 0.493 e. The first-order valence-electron chi connectivity index (χ1n) is 6.48.